The van der Waals surface area contributed by atoms with Gasteiger partial charge in [0.05, 0.1) is 6.61 Å². The van der Waals surface area contributed by atoms with Crippen LogP contribution in [0.15, 0.2) is 12.8 Å². The highest BCUT2D eigenvalue weighted by atomic mass is 35.5. The molecule has 0 aliphatic heterocycles. The second-order valence-electron chi connectivity index (χ2n) is 2.37. The zero-order valence-corrected chi connectivity index (χ0v) is 8.41. The van der Waals surface area contributed by atoms with Crippen LogP contribution < -0.4 is 0 Å². The fourth-order valence-electron chi connectivity index (χ4n) is 0.882. The van der Waals surface area contributed by atoms with Crippen molar-refractivity contribution in [2.45, 2.75) is 6.92 Å². The minimum atomic E-state index is -0.522. The predicted molar refractivity (Wildman–Crippen MR) is 53.1 cm³/mol. The third-order valence-electron chi connectivity index (χ3n) is 1.48. The van der Waals surface area contributed by atoms with Crippen molar-refractivity contribution >= 4 is 23.6 Å². The van der Waals surface area contributed by atoms with E-state index in [1.807, 2.05) is 0 Å². The van der Waals surface area contributed by atoms with E-state index < -0.39 is 5.97 Å². The number of halogens is 1. The van der Waals surface area contributed by atoms with E-state index in [1.165, 1.54) is 12.3 Å². The van der Waals surface area contributed by atoms with Gasteiger partial charge in [0.2, 0.25) is 5.28 Å². The number of carbonyl (C=O) groups excluding carboxylic acids is 1. The average molecular weight is 213 g/mol. The molecule has 0 radical (unpaired) electrons. The van der Waals surface area contributed by atoms with Gasteiger partial charge in [-0.3, -0.25) is 0 Å². The standard InChI is InChI=1S/C9H9ClN2O2/c1-3-6-5-11-9(10)12-7(6)8(13)14-4-2/h3,5H,1,4H2,2H3. The lowest BCUT2D eigenvalue weighted by Crippen LogP contribution is -2.09. The van der Waals surface area contributed by atoms with Gasteiger partial charge in [0.15, 0.2) is 5.69 Å². The monoisotopic (exact) mass is 212 g/mol. The van der Waals surface area contributed by atoms with Crippen LogP contribution in [0.2, 0.25) is 5.28 Å². The number of nitrogens with zero attached hydrogens (tertiary/aromatic N) is 2. The molecule has 0 saturated heterocycles. The lowest BCUT2D eigenvalue weighted by Gasteiger charge is -2.03. The van der Waals surface area contributed by atoms with Crippen LogP contribution in [-0.4, -0.2) is 22.5 Å². The van der Waals surface area contributed by atoms with Gasteiger partial charge < -0.3 is 4.74 Å². The van der Waals surface area contributed by atoms with Gasteiger partial charge in [-0.25, -0.2) is 14.8 Å². The van der Waals surface area contributed by atoms with Gasteiger partial charge in [-0.15, -0.1) is 0 Å². The molecule has 14 heavy (non-hydrogen) atoms. The van der Waals surface area contributed by atoms with E-state index in [0.29, 0.717) is 5.56 Å². The van der Waals surface area contributed by atoms with Gasteiger partial charge >= 0.3 is 5.97 Å². The molecule has 1 aromatic rings. The number of carbonyl (C=O) groups is 1. The fraction of sp³-hybridized carbons (Fsp3) is 0.222. The zero-order valence-electron chi connectivity index (χ0n) is 7.66. The van der Waals surface area contributed by atoms with E-state index in [-0.39, 0.29) is 17.6 Å². The molecule has 1 aromatic heterocycles. The molecule has 0 saturated carbocycles. The van der Waals surface area contributed by atoms with Crippen LogP contribution in [0.25, 0.3) is 6.08 Å². The van der Waals surface area contributed by atoms with E-state index in [4.69, 9.17) is 16.3 Å². The topological polar surface area (TPSA) is 52.1 Å². The van der Waals surface area contributed by atoms with Crippen LogP contribution in [-0.2, 0) is 4.74 Å². The minimum Gasteiger partial charge on any atom is -0.461 e. The molecule has 1 heterocycles. The van der Waals surface area contributed by atoms with E-state index in [0.717, 1.165) is 0 Å². The maximum Gasteiger partial charge on any atom is 0.357 e. The second kappa shape index (κ2) is 4.72. The normalized spacial score (nSPS) is 9.57. The van der Waals surface area contributed by atoms with Crippen molar-refractivity contribution in [3.05, 3.63) is 29.3 Å². The predicted octanol–water partition coefficient (Wildman–Crippen LogP) is 1.95. The Balaban J connectivity index is 3.10. The molecule has 0 aromatic carbocycles. The molecule has 0 spiro atoms. The molecule has 0 bridgehead atoms. The number of esters is 1. The Bertz CT molecular complexity index is 366. The van der Waals surface area contributed by atoms with Gasteiger partial charge in [-0.1, -0.05) is 12.7 Å². The molecule has 1 rings (SSSR count). The molecular weight excluding hydrogens is 204 g/mol. The number of rotatable bonds is 3. The van der Waals surface area contributed by atoms with Crippen LogP contribution in [0.5, 0.6) is 0 Å². The summed E-state index contributed by atoms with van der Waals surface area (Å²) in [5, 5.41) is 0.0126. The summed E-state index contributed by atoms with van der Waals surface area (Å²) in [4.78, 5) is 18.9. The highest BCUT2D eigenvalue weighted by Gasteiger charge is 2.13. The molecule has 0 fully saturated rings. The quantitative estimate of drug-likeness (QED) is 0.568. The highest BCUT2D eigenvalue weighted by Crippen LogP contribution is 2.10. The molecule has 0 N–H and O–H groups in total. The highest BCUT2D eigenvalue weighted by molar-refractivity contribution is 6.28. The number of hydrogen-bond donors (Lipinski definition) is 0. The largest absolute Gasteiger partial charge is 0.461 e. The number of aromatic nitrogens is 2. The molecule has 0 atom stereocenters. The van der Waals surface area contributed by atoms with Gasteiger partial charge in [0.25, 0.3) is 0 Å². The summed E-state index contributed by atoms with van der Waals surface area (Å²) in [6.07, 6.45) is 2.90. The van der Waals surface area contributed by atoms with Crippen LogP contribution in [0.4, 0.5) is 0 Å². The molecular formula is C9H9ClN2O2. The fourth-order valence-corrected chi connectivity index (χ4v) is 1.02. The summed E-state index contributed by atoms with van der Waals surface area (Å²) in [5.41, 5.74) is 0.648. The summed E-state index contributed by atoms with van der Waals surface area (Å²) >= 11 is 5.55. The van der Waals surface area contributed by atoms with E-state index in [1.54, 1.807) is 6.92 Å². The summed E-state index contributed by atoms with van der Waals surface area (Å²) in [6.45, 7) is 5.54. The maximum absolute atomic E-state index is 11.4. The Morgan fingerprint density at radius 2 is 2.50 bits per heavy atom. The Kier molecular flexibility index (Phi) is 3.59. The Hall–Kier alpha value is -1.42. The number of hydrogen-bond acceptors (Lipinski definition) is 4. The third-order valence-corrected chi connectivity index (χ3v) is 1.66. The van der Waals surface area contributed by atoms with Crippen molar-refractivity contribution in [2.75, 3.05) is 6.61 Å². The minimum absolute atomic E-state index is 0.0126. The molecule has 0 aliphatic rings. The van der Waals surface area contributed by atoms with E-state index in [9.17, 15) is 4.79 Å². The molecule has 0 unspecified atom stereocenters. The first-order chi connectivity index (χ1) is 6.69. The first-order valence-electron chi connectivity index (χ1n) is 4.01. The van der Waals surface area contributed by atoms with Crippen LogP contribution in [0.1, 0.15) is 23.0 Å². The molecule has 4 nitrogen and oxygen atoms in total. The molecule has 74 valence electrons. The van der Waals surface area contributed by atoms with Gasteiger partial charge in [0.1, 0.15) is 0 Å². The van der Waals surface area contributed by atoms with Crippen LogP contribution in [0.3, 0.4) is 0 Å². The SMILES string of the molecule is C=Cc1cnc(Cl)nc1C(=O)OCC. The lowest BCUT2D eigenvalue weighted by molar-refractivity contribution is 0.0519. The second-order valence-corrected chi connectivity index (χ2v) is 2.71. The average Bonchev–Trinajstić information content (AvgIpc) is 2.18. The molecule has 5 heteroatoms. The molecule has 0 aliphatic carbocycles. The summed E-state index contributed by atoms with van der Waals surface area (Å²) in [7, 11) is 0. The molecule has 0 amide bonds. The van der Waals surface area contributed by atoms with E-state index >= 15 is 0 Å². The van der Waals surface area contributed by atoms with Crippen molar-refractivity contribution in [3.8, 4) is 0 Å². The van der Waals surface area contributed by atoms with Gasteiger partial charge in [-0.2, -0.15) is 0 Å². The Morgan fingerprint density at radius 1 is 1.79 bits per heavy atom. The third kappa shape index (κ3) is 2.29. The van der Waals surface area contributed by atoms with E-state index in [2.05, 4.69) is 16.5 Å². The Morgan fingerprint density at radius 3 is 3.07 bits per heavy atom. The smallest absolute Gasteiger partial charge is 0.357 e. The van der Waals surface area contributed by atoms with Crippen molar-refractivity contribution in [3.63, 3.8) is 0 Å². The zero-order chi connectivity index (χ0) is 10.6. The Labute approximate surface area is 86.6 Å². The first kappa shape index (κ1) is 10.7. The maximum atomic E-state index is 11.4. The number of ether oxygens (including phenoxy) is 1. The van der Waals surface area contributed by atoms with Crippen LogP contribution >= 0.6 is 11.6 Å². The lowest BCUT2D eigenvalue weighted by atomic mass is 10.2. The van der Waals surface area contributed by atoms with Crippen LogP contribution in [0, 0.1) is 0 Å². The van der Waals surface area contributed by atoms with Gasteiger partial charge in [-0.05, 0) is 18.5 Å². The summed E-state index contributed by atoms with van der Waals surface area (Å²) in [6, 6.07) is 0. The summed E-state index contributed by atoms with van der Waals surface area (Å²) in [5.74, 6) is -0.522. The van der Waals surface area contributed by atoms with Crippen molar-refractivity contribution < 1.29 is 9.53 Å². The van der Waals surface area contributed by atoms with Gasteiger partial charge in [0, 0.05) is 11.8 Å². The van der Waals surface area contributed by atoms with Crippen molar-refractivity contribution in [1.29, 1.82) is 0 Å². The summed E-state index contributed by atoms with van der Waals surface area (Å²) < 4.78 is 4.79. The van der Waals surface area contributed by atoms with Crippen molar-refractivity contribution in [2.24, 2.45) is 0 Å². The first-order valence-corrected chi connectivity index (χ1v) is 4.39. The van der Waals surface area contributed by atoms with Crippen molar-refractivity contribution in [1.82, 2.24) is 9.97 Å².